The van der Waals surface area contributed by atoms with Crippen LogP contribution in [0.4, 0.5) is 10.6 Å². The molecule has 2 N–H and O–H groups in total. The Morgan fingerprint density at radius 2 is 1.76 bits per heavy atom. The molecule has 9 nitrogen and oxygen atoms in total. The van der Waals surface area contributed by atoms with Gasteiger partial charge in [0.1, 0.15) is 11.4 Å². The number of likely N-dealkylation sites (tertiary alicyclic amines) is 1. The zero-order valence-corrected chi connectivity index (χ0v) is 20.7. The van der Waals surface area contributed by atoms with Gasteiger partial charge < -0.3 is 24.8 Å². The summed E-state index contributed by atoms with van der Waals surface area (Å²) in [5, 5.41) is 14.0. The summed E-state index contributed by atoms with van der Waals surface area (Å²) >= 11 is 0. The minimum Gasteiger partial charge on any atom is -0.469 e. The molecule has 0 unspecified atom stereocenters. The van der Waals surface area contributed by atoms with Gasteiger partial charge in [0.15, 0.2) is 0 Å². The highest BCUT2D eigenvalue weighted by Gasteiger charge is 2.40. The van der Waals surface area contributed by atoms with E-state index in [9.17, 15) is 19.5 Å². The van der Waals surface area contributed by atoms with E-state index in [4.69, 9.17) is 9.47 Å². The van der Waals surface area contributed by atoms with Gasteiger partial charge in [0.05, 0.1) is 19.1 Å². The van der Waals surface area contributed by atoms with E-state index in [-0.39, 0.29) is 17.6 Å². The molecule has 33 heavy (non-hydrogen) atoms. The van der Waals surface area contributed by atoms with Gasteiger partial charge >= 0.3 is 12.1 Å². The van der Waals surface area contributed by atoms with Gasteiger partial charge in [-0.25, -0.2) is 9.78 Å². The zero-order valence-electron chi connectivity index (χ0n) is 20.7. The van der Waals surface area contributed by atoms with Crippen LogP contribution in [-0.2, 0) is 19.1 Å². The second-order valence-electron chi connectivity index (χ2n) is 10.4. The summed E-state index contributed by atoms with van der Waals surface area (Å²) in [5.41, 5.74) is -0.900. The number of esters is 1. The monoisotopic (exact) mass is 463 g/mol. The molecule has 2 rings (SSSR count). The molecule has 0 radical (unpaired) electrons. The highest BCUT2D eigenvalue weighted by molar-refractivity contribution is 5.94. The van der Waals surface area contributed by atoms with Gasteiger partial charge in [-0.15, -0.1) is 0 Å². The number of pyridine rings is 1. The first-order valence-electron chi connectivity index (χ1n) is 11.2. The second-order valence-corrected chi connectivity index (χ2v) is 10.4. The predicted octanol–water partition coefficient (Wildman–Crippen LogP) is 3.54. The molecule has 1 aliphatic rings. The maximum atomic E-state index is 12.7. The van der Waals surface area contributed by atoms with E-state index in [1.54, 1.807) is 37.8 Å². The van der Waals surface area contributed by atoms with Gasteiger partial charge in [-0.2, -0.15) is 0 Å². The van der Waals surface area contributed by atoms with Crippen LogP contribution in [0.25, 0.3) is 0 Å². The molecule has 1 aliphatic heterocycles. The number of methoxy groups -OCH3 is 1. The number of hydrogen-bond acceptors (Lipinski definition) is 7. The van der Waals surface area contributed by atoms with Crippen LogP contribution in [0.15, 0.2) is 18.3 Å². The van der Waals surface area contributed by atoms with Crippen molar-refractivity contribution in [3.05, 3.63) is 23.9 Å². The number of rotatable bonds is 5. The van der Waals surface area contributed by atoms with Crippen LogP contribution in [0.2, 0.25) is 0 Å². The maximum Gasteiger partial charge on any atom is 0.410 e. The van der Waals surface area contributed by atoms with Crippen molar-refractivity contribution < 1.29 is 29.0 Å². The number of carbonyl (C=O) groups is 3. The largest absolute Gasteiger partial charge is 0.469 e. The average Bonchev–Trinajstić information content (AvgIpc) is 2.72. The number of amides is 2. The summed E-state index contributed by atoms with van der Waals surface area (Å²) in [6.45, 7) is 11.6. The van der Waals surface area contributed by atoms with Crippen molar-refractivity contribution in [1.29, 1.82) is 0 Å². The molecule has 1 saturated heterocycles. The van der Waals surface area contributed by atoms with Gasteiger partial charge in [0.25, 0.3) is 0 Å². The van der Waals surface area contributed by atoms with Crippen molar-refractivity contribution in [2.24, 2.45) is 17.3 Å². The fourth-order valence-corrected chi connectivity index (χ4v) is 3.73. The summed E-state index contributed by atoms with van der Waals surface area (Å²) in [7, 11) is 1.28. The molecule has 1 aromatic rings. The Morgan fingerprint density at radius 1 is 1.15 bits per heavy atom. The van der Waals surface area contributed by atoms with E-state index >= 15 is 0 Å². The van der Waals surface area contributed by atoms with E-state index < -0.39 is 35.1 Å². The number of hydrogen-bond donors (Lipinski definition) is 2. The SMILES string of the molecule is COC(=O)[C@H](C1CCN(C(=O)OC(C)(C)C)CC1)[C@@H](O)c1cccnc1NC(=O)C(C)(C)C. The van der Waals surface area contributed by atoms with E-state index in [0.29, 0.717) is 31.5 Å². The summed E-state index contributed by atoms with van der Waals surface area (Å²) in [5.74, 6) is -1.68. The number of carbonyl (C=O) groups excluding carboxylic acids is 3. The molecule has 0 bridgehead atoms. The number of ether oxygens (including phenoxy) is 2. The van der Waals surface area contributed by atoms with Crippen molar-refractivity contribution in [2.45, 2.75) is 66.1 Å². The second kappa shape index (κ2) is 10.5. The highest BCUT2D eigenvalue weighted by Crippen LogP contribution is 2.37. The van der Waals surface area contributed by atoms with Crippen LogP contribution in [-0.4, -0.2) is 58.8 Å². The molecule has 2 atom stereocenters. The molecule has 184 valence electrons. The third kappa shape index (κ3) is 7.15. The number of piperidine rings is 1. The fraction of sp³-hybridized carbons (Fsp3) is 0.667. The molecule has 1 fully saturated rings. The Balaban J connectivity index is 2.21. The number of nitrogens with zero attached hydrogens (tertiary/aromatic N) is 2. The lowest BCUT2D eigenvalue weighted by Gasteiger charge is -2.37. The van der Waals surface area contributed by atoms with Crippen molar-refractivity contribution in [1.82, 2.24) is 9.88 Å². The zero-order chi connectivity index (χ0) is 25.0. The van der Waals surface area contributed by atoms with Gasteiger partial charge in [0, 0.05) is 30.3 Å². The Hall–Kier alpha value is -2.68. The Labute approximate surface area is 195 Å². The molecule has 2 amide bonds. The molecule has 0 saturated carbocycles. The minimum absolute atomic E-state index is 0.213. The van der Waals surface area contributed by atoms with E-state index in [1.165, 1.54) is 13.3 Å². The van der Waals surface area contributed by atoms with E-state index in [1.807, 2.05) is 20.8 Å². The molecular weight excluding hydrogens is 426 g/mol. The molecular formula is C24H37N3O6. The van der Waals surface area contributed by atoms with Crippen LogP contribution >= 0.6 is 0 Å². The quantitative estimate of drug-likeness (QED) is 0.641. The van der Waals surface area contributed by atoms with Gasteiger partial charge in [-0.1, -0.05) is 26.8 Å². The molecule has 9 heteroatoms. The van der Waals surface area contributed by atoms with Crippen molar-refractivity contribution in [3.8, 4) is 0 Å². The standard InChI is InChI=1S/C24H37N3O6/c1-23(2,3)21(30)26-19-16(9-8-12-25-19)18(28)17(20(29)32-7)15-10-13-27(14-11-15)22(31)33-24(4,5)6/h8-9,12,15,17-18,28H,10-11,13-14H2,1-7H3,(H,25,26,30)/t17-,18+/m1/s1. The molecule has 1 aromatic heterocycles. The average molecular weight is 464 g/mol. The van der Waals surface area contributed by atoms with Crippen molar-refractivity contribution in [3.63, 3.8) is 0 Å². The lowest BCUT2D eigenvalue weighted by Crippen LogP contribution is -2.44. The van der Waals surface area contributed by atoms with E-state index in [2.05, 4.69) is 10.3 Å². The van der Waals surface area contributed by atoms with Crippen molar-refractivity contribution in [2.75, 3.05) is 25.5 Å². The normalized spacial score (nSPS) is 17.2. The van der Waals surface area contributed by atoms with Crippen molar-refractivity contribution >= 4 is 23.8 Å². The lowest BCUT2D eigenvalue weighted by molar-refractivity contribution is -0.153. The Kier molecular flexibility index (Phi) is 8.46. The summed E-state index contributed by atoms with van der Waals surface area (Å²) < 4.78 is 10.4. The molecule has 2 heterocycles. The fourth-order valence-electron chi connectivity index (χ4n) is 3.73. The summed E-state index contributed by atoms with van der Waals surface area (Å²) in [6.07, 6.45) is 0.885. The van der Waals surface area contributed by atoms with Gasteiger partial charge in [-0.05, 0) is 45.6 Å². The maximum absolute atomic E-state index is 12.7. The lowest BCUT2D eigenvalue weighted by atomic mass is 9.79. The number of anilines is 1. The predicted molar refractivity (Wildman–Crippen MR) is 123 cm³/mol. The summed E-state index contributed by atoms with van der Waals surface area (Å²) in [6, 6.07) is 3.28. The first kappa shape index (κ1) is 26.6. The van der Waals surface area contributed by atoms with Crippen LogP contribution < -0.4 is 5.32 Å². The number of aliphatic hydroxyl groups is 1. The first-order valence-corrected chi connectivity index (χ1v) is 11.2. The third-order valence-corrected chi connectivity index (χ3v) is 5.58. The first-order chi connectivity index (χ1) is 15.2. The third-order valence-electron chi connectivity index (χ3n) is 5.58. The van der Waals surface area contributed by atoms with Crippen LogP contribution in [0.5, 0.6) is 0 Å². The Bertz CT molecular complexity index is 850. The molecule has 0 spiro atoms. The smallest absolute Gasteiger partial charge is 0.410 e. The highest BCUT2D eigenvalue weighted by atomic mass is 16.6. The minimum atomic E-state index is -1.24. The number of nitrogens with one attached hydrogen (secondary N) is 1. The Morgan fingerprint density at radius 3 is 2.27 bits per heavy atom. The summed E-state index contributed by atoms with van der Waals surface area (Å²) in [4.78, 5) is 43.4. The molecule has 0 aromatic carbocycles. The molecule has 0 aliphatic carbocycles. The number of aliphatic hydroxyl groups excluding tert-OH is 1. The van der Waals surface area contributed by atoms with E-state index in [0.717, 1.165) is 0 Å². The topological polar surface area (TPSA) is 118 Å². The van der Waals surface area contributed by atoms with Gasteiger partial charge in [0.2, 0.25) is 5.91 Å². The number of aromatic nitrogens is 1. The van der Waals surface area contributed by atoms with Gasteiger partial charge in [-0.3, -0.25) is 9.59 Å². The van der Waals surface area contributed by atoms with Crippen LogP contribution in [0, 0.1) is 17.3 Å². The van der Waals surface area contributed by atoms with Crippen LogP contribution in [0.1, 0.15) is 66.1 Å². The van der Waals surface area contributed by atoms with Crippen LogP contribution in [0.3, 0.4) is 0 Å².